The molecule has 0 bridgehead atoms. The van der Waals surface area contributed by atoms with Crippen molar-refractivity contribution in [2.24, 2.45) is 5.10 Å². The highest BCUT2D eigenvalue weighted by molar-refractivity contribution is 8.15. The molecule has 1 atom stereocenters. The predicted octanol–water partition coefficient (Wildman–Crippen LogP) is 4.16. The van der Waals surface area contributed by atoms with Crippen molar-refractivity contribution in [3.8, 4) is 10.6 Å². The van der Waals surface area contributed by atoms with Gasteiger partial charge in [-0.1, -0.05) is 83.8 Å². The Morgan fingerprint density at radius 2 is 1.58 bits per heavy atom. The first-order valence-electron chi connectivity index (χ1n) is 7.69. The lowest BCUT2D eigenvalue weighted by atomic mass is 10.2. The number of thioether (sulfide) groups is 1. The zero-order valence-corrected chi connectivity index (χ0v) is 14.8. The Hall–Kier alpha value is -2.18. The maximum atomic E-state index is 4.51. The maximum absolute atomic E-state index is 4.51. The largest absolute Gasteiger partial charge is 0.292 e. The van der Waals surface area contributed by atoms with Gasteiger partial charge in [0.2, 0.25) is 0 Å². The van der Waals surface area contributed by atoms with Crippen molar-refractivity contribution in [2.75, 3.05) is 0 Å². The number of aromatic nitrogens is 2. The van der Waals surface area contributed by atoms with Crippen molar-refractivity contribution in [1.29, 1.82) is 0 Å². The number of benzene rings is 2. The molecule has 1 aliphatic rings. The Morgan fingerprint density at radius 3 is 2.29 bits per heavy atom. The third-order valence-electron chi connectivity index (χ3n) is 3.71. The van der Waals surface area contributed by atoms with Crippen LogP contribution < -0.4 is 5.43 Å². The molecule has 6 heteroatoms. The van der Waals surface area contributed by atoms with E-state index in [0.717, 1.165) is 32.6 Å². The average Bonchev–Trinajstić information content (AvgIpc) is 3.24. The molecule has 2 heterocycles. The molecule has 4 nitrogen and oxygen atoms in total. The lowest BCUT2D eigenvalue weighted by Crippen LogP contribution is -2.34. The molecule has 0 saturated carbocycles. The molecule has 1 aliphatic heterocycles. The summed E-state index contributed by atoms with van der Waals surface area (Å²) in [6.45, 7) is 2.15. The minimum Gasteiger partial charge on any atom is -0.292 e. The van der Waals surface area contributed by atoms with Crippen molar-refractivity contribution in [3.63, 3.8) is 0 Å². The van der Waals surface area contributed by atoms with Crippen LogP contribution in [0.5, 0.6) is 0 Å². The molecule has 0 spiro atoms. The maximum Gasteiger partial charge on any atom is 0.147 e. The Kier molecular flexibility index (Phi) is 4.08. The second-order valence-electron chi connectivity index (χ2n) is 5.77. The summed E-state index contributed by atoms with van der Waals surface area (Å²) in [5, 5.41) is 16.2. The van der Waals surface area contributed by atoms with Crippen LogP contribution in [0, 0.1) is 0 Å². The normalized spacial score (nSPS) is 19.8. The topological polar surface area (TPSA) is 50.2 Å². The summed E-state index contributed by atoms with van der Waals surface area (Å²) in [4.78, 5) is -0.196. The molecular formula is C18H16N4S2. The highest BCUT2D eigenvalue weighted by Crippen LogP contribution is 2.36. The Balaban J connectivity index is 1.48. The molecule has 2 aromatic carbocycles. The Labute approximate surface area is 149 Å². The van der Waals surface area contributed by atoms with E-state index in [1.54, 1.807) is 23.1 Å². The van der Waals surface area contributed by atoms with E-state index in [9.17, 15) is 0 Å². The molecule has 4 rings (SSSR count). The highest BCUT2D eigenvalue weighted by Gasteiger charge is 2.34. The van der Waals surface area contributed by atoms with E-state index in [1.165, 1.54) is 0 Å². The van der Waals surface area contributed by atoms with Gasteiger partial charge in [0.1, 0.15) is 19.9 Å². The number of hydrogen-bond acceptors (Lipinski definition) is 6. The van der Waals surface area contributed by atoms with E-state index in [1.807, 2.05) is 36.4 Å². The molecule has 0 saturated heterocycles. The fourth-order valence-electron chi connectivity index (χ4n) is 2.52. The Morgan fingerprint density at radius 1 is 0.917 bits per heavy atom. The molecule has 1 unspecified atom stereocenters. The molecule has 1 aromatic heterocycles. The molecule has 0 radical (unpaired) electrons. The molecule has 0 fully saturated rings. The first-order chi connectivity index (χ1) is 11.7. The van der Waals surface area contributed by atoms with Crippen LogP contribution in [-0.4, -0.2) is 20.1 Å². The molecule has 120 valence electrons. The van der Waals surface area contributed by atoms with Gasteiger partial charge >= 0.3 is 0 Å². The van der Waals surface area contributed by atoms with E-state index in [2.05, 4.69) is 51.9 Å². The molecule has 1 N–H and O–H groups in total. The molecule has 0 amide bonds. The van der Waals surface area contributed by atoms with Gasteiger partial charge in [-0.3, -0.25) is 5.43 Å². The van der Waals surface area contributed by atoms with Crippen LogP contribution in [0.15, 0.2) is 65.8 Å². The Bertz CT molecular complexity index is 861. The van der Waals surface area contributed by atoms with Crippen LogP contribution in [0.3, 0.4) is 0 Å². The minimum atomic E-state index is -0.196. The third kappa shape index (κ3) is 3.20. The van der Waals surface area contributed by atoms with Gasteiger partial charge in [0.15, 0.2) is 0 Å². The van der Waals surface area contributed by atoms with Gasteiger partial charge in [0.05, 0.1) is 0 Å². The van der Waals surface area contributed by atoms with Gasteiger partial charge in [-0.05, 0) is 6.92 Å². The van der Waals surface area contributed by atoms with Gasteiger partial charge in [0.25, 0.3) is 0 Å². The summed E-state index contributed by atoms with van der Waals surface area (Å²) in [6, 6.07) is 20.4. The van der Waals surface area contributed by atoms with E-state index in [-0.39, 0.29) is 4.87 Å². The zero-order valence-electron chi connectivity index (χ0n) is 13.1. The summed E-state index contributed by atoms with van der Waals surface area (Å²) in [5.74, 6) is 0. The SMILES string of the molecule is CC1(Cc2nnc(-c3ccccc3)s2)NN=C(c2ccccc2)S1. The summed E-state index contributed by atoms with van der Waals surface area (Å²) < 4.78 is 0. The predicted molar refractivity (Wildman–Crippen MR) is 101 cm³/mol. The number of nitrogens with zero attached hydrogens (tertiary/aromatic N) is 3. The van der Waals surface area contributed by atoms with Crippen LogP contribution in [0.2, 0.25) is 0 Å². The first kappa shape index (κ1) is 15.4. The van der Waals surface area contributed by atoms with Gasteiger partial charge < -0.3 is 0 Å². The monoisotopic (exact) mass is 352 g/mol. The second-order valence-corrected chi connectivity index (χ2v) is 8.33. The number of nitrogens with one attached hydrogen (secondary N) is 1. The average molecular weight is 352 g/mol. The standard InChI is InChI=1S/C18H16N4S2/c1-18(22-21-17(24-18)14-10-6-3-7-11-14)12-15-19-20-16(23-15)13-8-4-2-5-9-13/h2-11,22H,12H2,1H3. The van der Waals surface area contributed by atoms with Crippen LogP contribution in [0.4, 0.5) is 0 Å². The van der Waals surface area contributed by atoms with E-state index < -0.39 is 0 Å². The van der Waals surface area contributed by atoms with Gasteiger partial charge in [0, 0.05) is 17.5 Å². The lowest BCUT2D eigenvalue weighted by Gasteiger charge is -2.20. The molecule has 3 aromatic rings. The first-order valence-corrected chi connectivity index (χ1v) is 9.32. The third-order valence-corrected chi connectivity index (χ3v) is 5.89. The number of hydrazone groups is 1. The summed E-state index contributed by atoms with van der Waals surface area (Å²) in [7, 11) is 0. The lowest BCUT2D eigenvalue weighted by molar-refractivity contribution is 0.529. The van der Waals surface area contributed by atoms with Gasteiger partial charge in [-0.25, -0.2) is 0 Å². The van der Waals surface area contributed by atoms with Crippen molar-refractivity contribution in [3.05, 3.63) is 71.2 Å². The highest BCUT2D eigenvalue weighted by atomic mass is 32.2. The van der Waals surface area contributed by atoms with Crippen molar-refractivity contribution in [2.45, 2.75) is 18.2 Å². The number of rotatable bonds is 4. The van der Waals surface area contributed by atoms with Crippen LogP contribution >= 0.6 is 23.1 Å². The summed E-state index contributed by atoms with van der Waals surface area (Å²) >= 11 is 3.39. The van der Waals surface area contributed by atoms with Crippen molar-refractivity contribution in [1.82, 2.24) is 15.6 Å². The van der Waals surface area contributed by atoms with Crippen molar-refractivity contribution < 1.29 is 0 Å². The molecule has 0 aliphatic carbocycles. The minimum absolute atomic E-state index is 0.196. The van der Waals surface area contributed by atoms with Crippen LogP contribution in [-0.2, 0) is 6.42 Å². The summed E-state index contributed by atoms with van der Waals surface area (Å²) in [5.41, 5.74) is 5.52. The molecule has 24 heavy (non-hydrogen) atoms. The van der Waals surface area contributed by atoms with E-state index in [0.29, 0.717) is 0 Å². The van der Waals surface area contributed by atoms with Crippen molar-refractivity contribution >= 4 is 28.1 Å². The van der Waals surface area contributed by atoms with Gasteiger partial charge in [-0.2, -0.15) is 5.10 Å². The van der Waals surface area contributed by atoms with Crippen LogP contribution in [0.1, 0.15) is 17.5 Å². The van der Waals surface area contributed by atoms with Gasteiger partial charge in [-0.15, -0.1) is 10.2 Å². The number of hydrogen-bond donors (Lipinski definition) is 1. The molecular weight excluding hydrogens is 336 g/mol. The second kappa shape index (κ2) is 6.37. The van der Waals surface area contributed by atoms with Crippen LogP contribution in [0.25, 0.3) is 10.6 Å². The summed E-state index contributed by atoms with van der Waals surface area (Å²) in [6.07, 6.45) is 0.780. The fraction of sp³-hybridized carbons (Fsp3) is 0.167. The quantitative estimate of drug-likeness (QED) is 0.766. The zero-order chi connectivity index (χ0) is 16.4. The van der Waals surface area contributed by atoms with E-state index >= 15 is 0 Å². The smallest absolute Gasteiger partial charge is 0.147 e. The fourth-order valence-corrected chi connectivity index (χ4v) is 4.68. The van der Waals surface area contributed by atoms with E-state index in [4.69, 9.17) is 0 Å².